The maximum Gasteiger partial charge on any atom is 0.573 e. The van der Waals surface area contributed by atoms with Crippen LogP contribution in [0.1, 0.15) is 11.1 Å². The Kier molecular flexibility index (Phi) is 6.49. The van der Waals surface area contributed by atoms with Gasteiger partial charge in [0.05, 0.1) is 17.6 Å². The number of carbonyl (C=O) groups excluding carboxylic acids is 1. The van der Waals surface area contributed by atoms with E-state index in [-0.39, 0.29) is 17.4 Å². The van der Waals surface area contributed by atoms with E-state index in [1.807, 2.05) is 60.0 Å². The molecule has 0 saturated carbocycles. The predicted molar refractivity (Wildman–Crippen MR) is 134 cm³/mol. The Morgan fingerprint density at radius 3 is 2.47 bits per heavy atom. The molecule has 0 atom stereocenters. The van der Waals surface area contributed by atoms with Crippen LogP contribution in [-0.4, -0.2) is 34.1 Å². The number of hydrogen-bond donors (Lipinski definition) is 0. The van der Waals surface area contributed by atoms with Crippen molar-refractivity contribution in [3.05, 3.63) is 90.1 Å². The first-order valence-electron chi connectivity index (χ1n) is 11.3. The molecule has 5 nitrogen and oxygen atoms in total. The van der Waals surface area contributed by atoms with Gasteiger partial charge in [0.2, 0.25) is 5.91 Å². The number of imidazole rings is 1. The molecule has 0 N–H and O–H groups in total. The molecule has 9 heteroatoms. The van der Waals surface area contributed by atoms with E-state index in [2.05, 4.69) is 9.72 Å². The van der Waals surface area contributed by atoms with Crippen molar-refractivity contribution in [2.75, 3.05) is 17.2 Å². The highest BCUT2D eigenvalue weighted by Gasteiger charge is 2.31. The van der Waals surface area contributed by atoms with Gasteiger partial charge in [-0.1, -0.05) is 59.8 Å². The molecule has 1 aliphatic heterocycles. The van der Waals surface area contributed by atoms with Crippen molar-refractivity contribution in [2.45, 2.75) is 24.9 Å². The first-order chi connectivity index (χ1) is 17.3. The number of amides is 1. The molecule has 0 spiro atoms. The Bertz CT molecular complexity index is 1380. The standard InChI is InChI=1S/C27H22F3N3O2S/c1-18-6-8-20(9-7-18)24-16-31-26(33(24)21-10-12-22(13-11-21)35-27(28,29)30)36-17-25(34)32-15-14-19-4-2-3-5-23(19)32/h2-13,16H,14-15,17H2,1H3. The summed E-state index contributed by atoms with van der Waals surface area (Å²) in [6.07, 6.45) is -2.23. The second-order valence-corrected chi connectivity index (χ2v) is 9.32. The maximum atomic E-state index is 13.1. The quantitative estimate of drug-likeness (QED) is 0.281. The van der Waals surface area contributed by atoms with Gasteiger partial charge in [-0.25, -0.2) is 4.98 Å². The van der Waals surface area contributed by atoms with E-state index in [0.29, 0.717) is 17.4 Å². The van der Waals surface area contributed by atoms with Crippen LogP contribution >= 0.6 is 11.8 Å². The molecule has 0 saturated heterocycles. The third-order valence-corrected chi connectivity index (χ3v) is 6.86. The third-order valence-electron chi connectivity index (χ3n) is 5.92. The summed E-state index contributed by atoms with van der Waals surface area (Å²) in [5, 5.41) is 0.566. The van der Waals surface area contributed by atoms with E-state index in [1.54, 1.807) is 23.2 Å². The number of nitrogens with zero attached hydrogens (tertiary/aromatic N) is 3. The van der Waals surface area contributed by atoms with Crippen molar-refractivity contribution in [3.8, 4) is 22.7 Å². The predicted octanol–water partition coefficient (Wildman–Crippen LogP) is 6.43. The largest absolute Gasteiger partial charge is 0.573 e. The van der Waals surface area contributed by atoms with Crippen LogP contribution in [0.5, 0.6) is 5.75 Å². The SMILES string of the molecule is Cc1ccc(-c2cnc(SCC(=O)N3CCc4ccccc43)n2-c2ccc(OC(F)(F)F)cc2)cc1. The van der Waals surface area contributed by atoms with E-state index in [9.17, 15) is 18.0 Å². The molecule has 0 bridgehead atoms. The highest BCUT2D eigenvalue weighted by atomic mass is 32.2. The summed E-state index contributed by atoms with van der Waals surface area (Å²) in [6, 6.07) is 21.4. The van der Waals surface area contributed by atoms with Crippen molar-refractivity contribution in [2.24, 2.45) is 0 Å². The van der Waals surface area contributed by atoms with Crippen molar-refractivity contribution < 1.29 is 22.7 Å². The highest BCUT2D eigenvalue weighted by molar-refractivity contribution is 7.99. The number of fused-ring (bicyclic) bond motifs is 1. The summed E-state index contributed by atoms with van der Waals surface area (Å²) in [7, 11) is 0. The summed E-state index contributed by atoms with van der Waals surface area (Å²) >= 11 is 1.29. The fraction of sp³-hybridized carbons (Fsp3) is 0.185. The zero-order valence-electron chi connectivity index (χ0n) is 19.3. The Balaban J connectivity index is 1.43. The Labute approximate surface area is 210 Å². The summed E-state index contributed by atoms with van der Waals surface area (Å²) in [6.45, 7) is 2.63. The summed E-state index contributed by atoms with van der Waals surface area (Å²) in [5.74, 6) is -0.154. The van der Waals surface area contributed by atoms with Gasteiger partial charge in [0.1, 0.15) is 5.75 Å². The fourth-order valence-electron chi connectivity index (χ4n) is 4.21. The second kappa shape index (κ2) is 9.73. The molecule has 0 fully saturated rings. The highest BCUT2D eigenvalue weighted by Crippen LogP contribution is 2.33. The Morgan fingerprint density at radius 1 is 1.03 bits per heavy atom. The maximum absolute atomic E-state index is 13.1. The van der Waals surface area contributed by atoms with Crippen molar-refractivity contribution in [3.63, 3.8) is 0 Å². The number of thioether (sulfide) groups is 1. The number of hydrogen-bond acceptors (Lipinski definition) is 4. The normalized spacial score (nSPS) is 13.1. The zero-order chi connectivity index (χ0) is 25.3. The van der Waals surface area contributed by atoms with Crippen molar-refractivity contribution in [1.82, 2.24) is 9.55 Å². The number of ether oxygens (including phenoxy) is 1. The van der Waals surface area contributed by atoms with Crippen LogP contribution in [0.2, 0.25) is 0 Å². The fourth-order valence-corrected chi connectivity index (χ4v) is 5.08. The van der Waals surface area contributed by atoms with Crippen LogP contribution < -0.4 is 9.64 Å². The van der Waals surface area contributed by atoms with Gasteiger partial charge in [-0.3, -0.25) is 9.36 Å². The average molecular weight is 510 g/mol. The minimum atomic E-state index is -4.76. The van der Waals surface area contributed by atoms with Gasteiger partial charge in [-0.05, 0) is 49.2 Å². The molecular weight excluding hydrogens is 487 g/mol. The molecule has 184 valence electrons. The third kappa shape index (κ3) is 5.11. The van der Waals surface area contributed by atoms with Crippen LogP contribution in [0.25, 0.3) is 16.9 Å². The van der Waals surface area contributed by atoms with E-state index in [0.717, 1.165) is 34.5 Å². The molecule has 1 aliphatic rings. The molecule has 3 aromatic carbocycles. The zero-order valence-corrected chi connectivity index (χ0v) is 20.1. The molecule has 0 unspecified atom stereocenters. The molecule has 5 rings (SSSR count). The number of benzene rings is 3. The van der Waals surface area contributed by atoms with Crippen LogP contribution in [0.4, 0.5) is 18.9 Å². The summed E-state index contributed by atoms with van der Waals surface area (Å²) < 4.78 is 43.7. The van der Waals surface area contributed by atoms with E-state index in [4.69, 9.17) is 0 Å². The molecule has 4 aromatic rings. The Hall–Kier alpha value is -3.72. The smallest absolute Gasteiger partial charge is 0.406 e. The van der Waals surface area contributed by atoms with Crippen molar-refractivity contribution in [1.29, 1.82) is 0 Å². The first-order valence-corrected chi connectivity index (χ1v) is 12.3. The van der Waals surface area contributed by atoms with E-state index >= 15 is 0 Å². The van der Waals surface area contributed by atoms with Crippen LogP contribution in [0.15, 0.2) is 84.1 Å². The van der Waals surface area contributed by atoms with Gasteiger partial charge in [0.15, 0.2) is 5.16 Å². The second-order valence-electron chi connectivity index (χ2n) is 8.38. The van der Waals surface area contributed by atoms with Crippen LogP contribution in [-0.2, 0) is 11.2 Å². The topological polar surface area (TPSA) is 47.4 Å². The number of alkyl halides is 3. The molecule has 0 aliphatic carbocycles. The minimum absolute atomic E-state index is 0.0229. The van der Waals surface area contributed by atoms with Crippen molar-refractivity contribution >= 4 is 23.4 Å². The lowest BCUT2D eigenvalue weighted by atomic mass is 10.1. The lowest BCUT2D eigenvalue weighted by molar-refractivity contribution is -0.274. The molecular formula is C27H22F3N3O2S. The van der Waals surface area contributed by atoms with Crippen LogP contribution in [0, 0.1) is 6.92 Å². The van der Waals surface area contributed by atoms with Gasteiger partial charge < -0.3 is 9.64 Å². The Morgan fingerprint density at radius 2 is 1.75 bits per heavy atom. The van der Waals surface area contributed by atoms with Gasteiger partial charge in [0, 0.05) is 23.5 Å². The lowest BCUT2D eigenvalue weighted by Crippen LogP contribution is -2.30. The number of aromatic nitrogens is 2. The molecule has 1 aromatic heterocycles. The minimum Gasteiger partial charge on any atom is -0.406 e. The summed E-state index contributed by atoms with van der Waals surface area (Å²) in [4.78, 5) is 19.4. The van der Waals surface area contributed by atoms with E-state index < -0.39 is 6.36 Å². The summed E-state index contributed by atoms with van der Waals surface area (Å²) in [5.41, 5.74) is 5.46. The number of aryl methyl sites for hydroxylation is 1. The van der Waals surface area contributed by atoms with Gasteiger partial charge in [-0.2, -0.15) is 0 Å². The van der Waals surface area contributed by atoms with E-state index in [1.165, 1.54) is 23.9 Å². The molecule has 0 radical (unpaired) electrons. The van der Waals surface area contributed by atoms with Gasteiger partial charge >= 0.3 is 6.36 Å². The lowest BCUT2D eigenvalue weighted by Gasteiger charge is -2.17. The monoisotopic (exact) mass is 509 g/mol. The number of rotatable bonds is 6. The molecule has 36 heavy (non-hydrogen) atoms. The van der Waals surface area contributed by atoms with Crippen LogP contribution in [0.3, 0.4) is 0 Å². The average Bonchev–Trinajstić information content (AvgIpc) is 3.47. The number of carbonyl (C=O) groups is 1. The number of anilines is 1. The first kappa shape index (κ1) is 24.0. The number of para-hydroxylation sites is 1. The number of halogens is 3. The molecule has 2 heterocycles. The van der Waals surface area contributed by atoms with Gasteiger partial charge in [-0.15, -0.1) is 13.2 Å². The molecule has 1 amide bonds. The van der Waals surface area contributed by atoms with Gasteiger partial charge in [0.25, 0.3) is 0 Å².